The molecule has 4 heteroatoms. The Morgan fingerprint density at radius 2 is 2.19 bits per heavy atom. The zero-order chi connectivity index (χ0) is 11.5. The molecule has 0 radical (unpaired) electrons. The van der Waals surface area contributed by atoms with Crippen molar-refractivity contribution in [1.82, 2.24) is 5.06 Å². The zero-order valence-electron chi connectivity index (χ0n) is 9.40. The lowest BCUT2D eigenvalue weighted by atomic mass is 10.0. The molecule has 0 aliphatic carbocycles. The Hall–Kier alpha value is -0.420. The first-order chi connectivity index (χ1) is 7.70. The van der Waals surface area contributed by atoms with Crippen molar-refractivity contribution in [2.24, 2.45) is 5.73 Å². The van der Waals surface area contributed by atoms with Gasteiger partial charge in [0.25, 0.3) is 0 Å². The predicted octanol–water partition coefficient (Wildman–Crippen LogP) is 2.47. The Morgan fingerprint density at radius 3 is 2.75 bits per heavy atom. The van der Waals surface area contributed by atoms with Crippen LogP contribution in [0.5, 0.6) is 0 Å². The van der Waals surface area contributed by atoms with E-state index in [9.17, 15) is 0 Å². The lowest BCUT2D eigenvalue weighted by Crippen LogP contribution is -2.37. The summed E-state index contributed by atoms with van der Waals surface area (Å²) in [4.78, 5) is 5.62. The molecule has 0 spiro atoms. The highest BCUT2D eigenvalue weighted by Gasteiger charge is 2.28. The molecule has 2 N–H and O–H groups in total. The molecule has 0 aromatic heterocycles. The standard InChI is InChI=1S/C12H17BrN2O/c1-9(14)12(15-7-4-8-16-15)10-5-2-3-6-11(10)13/h2-3,5-6,9,12H,4,7-8,14H2,1H3. The highest BCUT2D eigenvalue weighted by molar-refractivity contribution is 9.10. The summed E-state index contributed by atoms with van der Waals surface area (Å²) in [6.07, 6.45) is 1.08. The molecule has 16 heavy (non-hydrogen) atoms. The number of hydrogen-bond donors (Lipinski definition) is 1. The van der Waals surface area contributed by atoms with Crippen molar-refractivity contribution in [3.05, 3.63) is 34.3 Å². The summed E-state index contributed by atoms with van der Waals surface area (Å²) in [6, 6.07) is 8.35. The predicted molar refractivity (Wildman–Crippen MR) is 67.8 cm³/mol. The van der Waals surface area contributed by atoms with Crippen molar-refractivity contribution < 1.29 is 4.84 Å². The van der Waals surface area contributed by atoms with Crippen molar-refractivity contribution >= 4 is 15.9 Å². The molecule has 2 atom stereocenters. The van der Waals surface area contributed by atoms with Gasteiger partial charge in [-0.05, 0) is 25.0 Å². The van der Waals surface area contributed by atoms with Crippen LogP contribution < -0.4 is 5.73 Å². The molecule has 1 aromatic carbocycles. The molecule has 0 amide bonds. The van der Waals surface area contributed by atoms with Gasteiger partial charge < -0.3 is 5.73 Å². The van der Waals surface area contributed by atoms with E-state index in [0.29, 0.717) is 0 Å². The molecular weight excluding hydrogens is 268 g/mol. The van der Waals surface area contributed by atoms with E-state index in [-0.39, 0.29) is 12.1 Å². The van der Waals surface area contributed by atoms with Crippen LogP contribution in [0.15, 0.2) is 28.7 Å². The first-order valence-corrected chi connectivity index (χ1v) is 6.39. The Kier molecular flexibility index (Phi) is 3.97. The summed E-state index contributed by atoms with van der Waals surface area (Å²) >= 11 is 3.57. The Bertz CT molecular complexity index is 351. The molecule has 1 aliphatic heterocycles. The van der Waals surface area contributed by atoms with Crippen LogP contribution in [0.2, 0.25) is 0 Å². The fraction of sp³-hybridized carbons (Fsp3) is 0.500. The van der Waals surface area contributed by atoms with Crippen molar-refractivity contribution in [2.45, 2.75) is 25.4 Å². The van der Waals surface area contributed by atoms with Gasteiger partial charge in [-0.2, -0.15) is 5.06 Å². The summed E-state index contributed by atoms with van der Waals surface area (Å²) < 4.78 is 1.09. The van der Waals surface area contributed by atoms with E-state index in [1.54, 1.807) is 0 Å². The number of hydrogen-bond acceptors (Lipinski definition) is 3. The third kappa shape index (κ3) is 2.46. The SMILES string of the molecule is CC(N)C(c1ccccc1Br)N1CCCO1. The van der Waals surface area contributed by atoms with E-state index in [4.69, 9.17) is 10.6 Å². The largest absolute Gasteiger partial charge is 0.326 e. The Labute approximate surface area is 105 Å². The van der Waals surface area contributed by atoms with Gasteiger partial charge >= 0.3 is 0 Å². The van der Waals surface area contributed by atoms with E-state index in [1.807, 2.05) is 30.2 Å². The maximum absolute atomic E-state index is 6.07. The summed E-state index contributed by atoms with van der Waals surface area (Å²) in [5, 5.41) is 2.00. The van der Waals surface area contributed by atoms with Gasteiger partial charge in [-0.15, -0.1) is 0 Å². The third-order valence-electron chi connectivity index (χ3n) is 2.81. The third-order valence-corrected chi connectivity index (χ3v) is 3.53. The van der Waals surface area contributed by atoms with Gasteiger partial charge in [0, 0.05) is 17.1 Å². The number of nitrogens with two attached hydrogens (primary N) is 1. The summed E-state index contributed by atoms with van der Waals surface area (Å²) in [5.74, 6) is 0. The van der Waals surface area contributed by atoms with E-state index in [0.717, 1.165) is 24.0 Å². The molecule has 3 nitrogen and oxygen atoms in total. The minimum atomic E-state index is 0.0387. The van der Waals surface area contributed by atoms with E-state index in [1.165, 1.54) is 5.56 Å². The van der Waals surface area contributed by atoms with Gasteiger partial charge in [0.2, 0.25) is 0 Å². The zero-order valence-corrected chi connectivity index (χ0v) is 11.0. The summed E-state index contributed by atoms with van der Waals surface area (Å²) in [7, 11) is 0. The molecule has 0 saturated carbocycles. The van der Waals surface area contributed by atoms with Gasteiger partial charge in [-0.3, -0.25) is 4.84 Å². The topological polar surface area (TPSA) is 38.5 Å². The highest BCUT2D eigenvalue weighted by atomic mass is 79.9. The molecule has 1 aromatic rings. The number of hydroxylamine groups is 2. The molecule has 88 valence electrons. The van der Waals surface area contributed by atoms with Crippen molar-refractivity contribution in [1.29, 1.82) is 0 Å². The smallest absolute Gasteiger partial charge is 0.0761 e. The minimum absolute atomic E-state index is 0.0387. The van der Waals surface area contributed by atoms with E-state index < -0.39 is 0 Å². The van der Waals surface area contributed by atoms with Gasteiger partial charge in [-0.1, -0.05) is 34.1 Å². The summed E-state index contributed by atoms with van der Waals surface area (Å²) in [6.45, 7) is 3.77. The van der Waals surface area contributed by atoms with Gasteiger partial charge in [0.05, 0.1) is 12.6 Å². The minimum Gasteiger partial charge on any atom is -0.326 e. The lowest BCUT2D eigenvalue weighted by Gasteiger charge is -2.30. The molecule has 1 fully saturated rings. The number of halogens is 1. The van der Waals surface area contributed by atoms with Crippen molar-refractivity contribution in [2.75, 3.05) is 13.2 Å². The van der Waals surface area contributed by atoms with Crippen LogP contribution in [0.1, 0.15) is 24.9 Å². The normalized spacial score (nSPS) is 20.9. The average molecular weight is 285 g/mol. The van der Waals surface area contributed by atoms with E-state index in [2.05, 4.69) is 22.0 Å². The Morgan fingerprint density at radius 1 is 1.44 bits per heavy atom. The first kappa shape index (κ1) is 12.0. The van der Waals surface area contributed by atoms with Crippen LogP contribution in [0, 0.1) is 0 Å². The second-order valence-electron chi connectivity index (χ2n) is 4.15. The molecule has 1 saturated heterocycles. The van der Waals surface area contributed by atoms with Crippen LogP contribution in [0.3, 0.4) is 0 Å². The van der Waals surface area contributed by atoms with Crippen LogP contribution in [0.4, 0.5) is 0 Å². The highest BCUT2D eigenvalue weighted by Crippen LogP contribution is 2.31. The van der Waals surface area contributed by atoms with Crippen molar-refractivity contribution in [3.63, 3.8) is 0 Å². The maximum Gasteiger partial charge on any atom is 0.0761 e. The molecule has 1 heterocycles. The molecule has 1 aliphatic rings. The second kappa shape index (κ2) is 5.27. The maximum atomic E-state index is 6.07. The van der Waals surface area contributed by atoms with Crippen LogP contribution in [0.25, 0.3) is 0 Å². The second-order valence-corrected chi connectivity index (χ2v) is 5.01. The number of rotatable bonds is 3. The van der Waals surface area contributed by atoms with Crippen LogP contribution >= 0.6 is 15.9 Å². The van der Waals surface area contributed by atoms with Crippen LogP contribution in [-0.2, 0) is 4.84 Å². The fourth-order valence-corrected chi connectivity index (χ4v) is 2.62. The van der Waals surface area contributed by atoms with E-state index >= 15 is 0 Å². The lowest BCUT2D eigenvalue weighted by molar-refractivity contribution is -0.147. The summed E-state index contributed by atoms with van der Waals surface area (Å²) in [5.41, 5.74) is 7.27. The van der Waals surface area contributed by atoms with Crippen LogP contribution in [-0.4, -0.2) is 24.3 Å². The molecule has 2 unspecified atom stereocenters. The molecule has 2 rings (SSSR count). The van der Waals surface area contributed by atoms with Crippen molar-refractivity contribution in [3.8, 4) is 0 Å². The monoisotopic (exact) mass is 284 g/mol. The van der Waals surface area contributed by atoms with Gasteiger partial charge in [-0.25, -0.2) is 0 Å². The Balaban J connectivity index is 2.28. The molecule has 0 bridgehead atoms. The van der Waals surface area contributed by atoms with Gasteiger partial charge in [0.1, 0.15) is 0 Å². The van der Waals surface area contributed by atoms with Gasteiger partial charge in [0.15, 0.2) is 0 Å². The first-order valence-electron chi connectivity index (χ1n) is 5.59. The quantitative estimate of drug-likeness (QED) is 0.927. The number of benzene rings is 1. The number of nitrogens with zero attached hydrogens (tertiary/aromatic N) is 1. The molecular formula is C12H17BrN2O. The fourth-order valence-electron chi connectivity index (χ4n) is 2.10. The average Bonchev–Trinajstić information content (AvgIpc) is 2.74.